The summed E-state index contributed by atoms with van der Waals surface area (Å²) in [6.07, 6.45) is 1.72. The number of nitrogens with zero attached hydrogens (tertiary/aromatic N) is 3. The van der Waals surface area contributed by atoms with Crippen LogP contribution in [0.2, 0.25) is 0 Å². The first-order valence-electron chi connectivity index (χ1n) is 8.55. The zero-order chi connectivity index (χ0) is 19.7. The number of methoxy groups -OCH3 is 1. The van der Waals surface area contributed by atoms with Gasteiger partial charge in [0.2, 0.25) is 0 Å². The lowest BCUT2D eigenvalue weighted by Gasteiger charge is -2.12. The van der Waals surface area contributed by atoms with E-state index in [1.807, 2.05) is 37.3 Å². The highest BCUT2D eigenvalue weighted by Crippen LogP contribution is 2.26. The van der Waals surface area contributed by atoms with Gasteiger partial charge in [0.15, 0.2) is 0 Å². The topological polar surface area (TPSA) is 86.1 Å². The highest BCUT2D eigenvalue weighted by Gasteiger charge is 2.19. The van der Waals surface area contributed by atoms with Crippen LogP contribution in [0, 0.1) is 6.92 Å². The molecule has 2 aromatic heterocycles. The van der Waals surface area contributed by atoms with Crippen molar-refractivity contribution < 1.29 is 13.2 Å². The summed E-state index contributed by atoms with van der Waals surface area (Å²) in [5.74, 6) is 0.938. The number of hydrogen-bond donors (Lipinski definition) is 1. The van der Waals surface area contributed by atoms with Gasteiger partial charge in [0, 0.05) is 17.6 Å². The van der Waals surface area contributed by atoms with Crippen LogP contribution in [0.4, 0.5) is 5.82 Å². The maximum Gasteiger partial charge on any atom is 0.263 e. The summed E-state index contributed by atoms with van der Waals surface area (Å²) < 4.78 is 35.0. The third-order valence-corrected chi connectivity index (χ3v) is 5.66. The minimum absolute atomic E-state index is 0.137. The van der Waals surface area contributed by atoms with Crippen LogP contribution in [0.5, 0.6) is 5.75 Å². The number of rotatable bonds is 5. The SMILES string of the molecule is COc1ccc(S(=O)(=O)Nc2cc(C)nn2-c2cccc3ncccc23)cc1. The van der Waals surface area contributed by atoms with Crippen LogP contribution in [0.3, 0.4) is 0 Å². The van der Waals surface area contributed by atoms with Crippen molar-refractivity contribution >= 4 is 26.7 Å². The third kappa shape index (κ3) is 3.29. The fourth-order valence-corrected chi connectivity index (χ4v) is 4.01. The predicted octanol–water partition coefficient (Wildman–Crippen LogP) is 3.54. The van der Waals surface area contributed by atoms with Gasteiger partial charge in [-0.05, 0) is 55.5 Å². The maximum absolute atomic E-state index is 12.9. The molecule has 0 spiro atoms. The summed E-state index contributed by atoms with van der Waals surface area (Å²) in [7, 11) is -2.26. The zero-order valence-corrected chi connectivity index (χ0v) is 16.1. The number of sulfonamides is 1. The molecule has 0 saturated heterocycles. The summed E-state index contributed by atoms with van der Waals surface area (Å²) in [6.45, 7) is 1.81. The Hall–Kier alpha value is -3.39. The first kappa shape index (κ1) is 18.0. The lowest BCUT2D eigenvalue weighted by Crippen LogP contribution is -2.16. The fourth-order valence-electron chi connectivity index (χ4n) is 2.98. The Morgan fingerprint density at radius 2 is 1.82 bits per heavy atom. The van der Waals surface area contributed by atoms with E-state index < -0.39 is 10.0 Å². The number of fused-ring (bicyclic) bond motifs is 1. The summed E-state index contributed by atoms with van der Waals surface area (Å²) >= 11 is 0. The van der Waals surface area contributed by atoms with E-state index in [0.717, 1.165) is 16.6 Å². The molecule has 2 aromatic carbocycles. The Morgan fingerprint density at radius 1 is 1.04 bits per heavy atom. The van der Waals surface area contributed by atoms with E-state index in [2.05, 4.69) is 14.8 Å². The third-order valence-electron chi connectivity index (χ3n) is 4.29. The van der Waals surface area contributed by atoms with Crippen LogP contribution in [0.1, 0.15) is 5.69 Å². The summed E-state index contributed by atoms with van der Waals surface area (Å²) in [5.41, 5.74) is 2.23. The Bertz CT molecular complexity index is 1240. The standard InChI is InChI=1S/C20H18N4O3S/c1-14-13-20(23-28(25,26)16-10-8-15(27-2)9-11-16)24(22-14)19-7-3-6-18-17(19)5-4-12-21-18/h3-13,23H,1-2H3. The second kappa shape index (κ2) is 6.97. The average Bonchev–Trinajstić information content (AvgIpc) is 3.06. The summed E-state index contributed by atoms with van der Waals surface area (Å²) in [5, 5.41) is 5.35. The normalized spacial score (nSPS) is 11.5. The Labute approximate surface area is 162 Å². The maximum atomic E-state index is 12.9. The first-order valence-corrected chi connectivity index (χ1v) is 10.0. The first-order chi connectivity index (χ1) is 13.5. The number of aromatic nitrogens is 3. The quantitative estimate of drug-likeness (QED) is 0.560. The molecule has 0 radical (unpaired) electrons. The van der Waals surface area contributed by atoms with Crippen molar-refractivity contribution in [2.24, 2.45) is 0 Å². The number of anilines is 1. The van der Waals surface area contributed by atoms with Crippen molar-refractivity contribution in [2.45, 2.75) is 11.8 Å². The molecule has 0 unspecified atom stereocenters. The Balaban J connectivity index is 1.77. The average molecular weight is 394 g/mol. The van der Waals surface area contributed by atoms with Gasteiger partial charge in [0.1, 0.15) is 11.6 Å². The van der Waals surface area contributed by atoms with Crippen molar-refractivity contribution in [1.82, 2.24) is 14.8 Å². The molecule has 8 heteroatoms. The van der Waals surface area contributed by atoms with Crippen LogP contribution in [-0.2, 0) is 10.0 Å². The molecule has 0 bridgehead atoms. The minimum Gasteiger partial charge on any atom is -0.497 e. The molecular weight excluding hydrogens is 376 g/mol. The lowest BCUT2D eigenvalue weighted by atomic mass is 10.2. The highest BCUT2D eigenvalue weighted by molar-refractivity contribution is 7.92. The minimum atomic E-state index is -3.79. The van der Waals surface area contributed by atoms with E-state index in [9.17, 15) is 8.42 Å². The van der Waals surface area contributed by atoms with Gasteiger partial charge in [-0.15, -0.1) is 0 Å². The summed E-state index contributed by atoms with van der Waals surface area (Å²) in [4.78, 5) is 4.49. The van der Waals surface area contributed by atoms with E-state index in [4.69, 9.17) is 4.74 Å². The number of nitrogens with one attached hydrogen (secondary N) is 1. The van der Waals surface area contributed by atoms with Crippen LogP contribution in [0.15, 0.2) is 71.8 Å². The van der Waals surface area contributed by atoms with E-state index in [1.54, 1.807) is 29.1 Å². The zero-order valence-electron chi connectivity index (χ0n) is 15.3. The van der Waals surface area contributed by atoms with Gasteiger partial charge in [0.25, 0.3) is 10.0 Å². The molecule has 0 amide bonds. The van der Waals surface area contributed by atoms with Crippen molar-refractivity contribution in [1.29, 1.82) is 0 Å². The molecule has 0 aliphatic heterocycles. The van der Waals surface area contributed by atoms with Gasteiger partial charge in [0.05, 0.1) is 28.9 Å². The van der Waals surface area contributed by atoms with Gasteiger partial charge in [-0.1, -0.05) is 6.07 Å². The van der Waals surface area contributed by atoms with Crippen molar-refractivity contribution in [2.75, 3.05) is 11.8 Å². The van der Waals surface area contributed by atoms with Crippen molar-refractivity contribution in [3.63, 3.8) is 0 Å². The van der Waals surface area contributed by atoms with Crippen LogP contribution >= 0.6 is 0 Å². The monoisotopic (exact) mass is 394 g/mol. The molecule has 7 nitrogen and oxygen atoms in total. The molecule has 0 aliphatic carbocycles. The molecule has 0 atom stereocenters. The Kier molecular flexibility index (Phi) is 4.48. The number of benzene rings is 2. The van der Waals surface area contributed by atoms with E-state index in [1.165, 1.54) is 19.2 Å². The van der Waals surface area contributed by atoms with Gasteiger partial charge < -0.3 is 4.74 Å². The van der Waals surface area contributed by atoms with Crippen LogP contribution in [0.25, 0.3) is 16.6 Å². The lowest BCUT2D eigenvalue weighted by molar-refractivity contribution is 0.414. The molecule has 4 aromatic rings. The molecule has 2 heterocycles. The number of pyridine rings is 1. The predicted molar refractivity (Wildman–Crippen MR) is 107 cm³/mol. The van der Waals surface area contributed by atoms with Gasteiger partial charge in [-0.25, -0.2) is 13.1 Å². The van der Waals surface area contributed by atoms with E-state index >= 15 is 0 Å². The molecule has 0 saturated carbocycles. The smallest absolute Gasteiger partial charge is 0.263 e. The van der Waals surface area contributed by atoms with Gasteiger partial charge in [-0.3, -0.25) is 9.71 Å². The molecule has 0 fully saturated rings. The second-order valence-corrected chi connectivity index (χ2v) is 7.89. The molecular formula is C20H18N4O3S. The Morgan fingerprint density at radius 3 is 2.57 bits per heavy atom. The van der Waals surface area contributed by atoms with E-state index in [-0.39, 0.29) is 4.90 Å². The van der Waals surface area contributed by atoms with Crippen LogP contribution in [-0.4, -0.2) is 30.3 Å². The number of aryl methyl sites for hydroxylation is 1. The molecule has 1 N–H and O–H groups in total. The van der Waals surface area contributed by atoms with Crippen molar-refractivity contribution in [3.8, 4) is 11.4 Å². The molecule has 142 valence electrons. The van der Waals surface area contributed by atoms with E-state index in [0.29, 0.717) is 17.3 Å². The molecule has 28 heavy (non-hydrogen) atoms. The molecule has 0 aliphatic rings. The number of ether oxygens (including phenoxy) is 1. The highest BCUT2D eigenvalue weighted by atomic mass is 32.2. The van der Waals surface area contributed by atoms with Gasteiger partial charge in [-0.2, -0.15) is 5.10 Å². The second-order valence-electron chi connectivity index (χ2n) is 6.21. The fraction of sp³-hybridized carbons (Fsp3) is 0.100. The largest absolute Gasteiger partial charge is 0.497 e. The van der Waals surface area contributed by atoms with Gasteiger partial charge >= 0.3 is 0 Å². The van der Waals surface area contributed by atoms with Crippen molar-refractivity contribution in [3.05, 3.63) is 72.6 Å². The number of hydrogen-bond acceptors (Lipinski definition) is 5. The van der Waals surface area contributed by atoms with Crippen LogP contribution < -0.4 is 9.46 Å². The summed E-state index contributed by atoms with van der Waals surface area (Å²) in [6, 6.07) is 17.3. The molecule has 4 rings (SSSR count).